The summed E-state index contributed by atoms with van der Waals surface area (Å²) >= 11 is 0. The SMILES string of the molecule is Nc1nc(Nc2cccc(CC(F)(F)F)c2)n[nH]1. The Hall–Kier alpha value is -2.25. The number of benzene rings is 1. The minimum absolute atomic E-state index is 0.129. The molecule has 0 unspecified atom stereocenters. The Bertz CT molecular complexity index is 534. The van der Waals surface area contributed by atoms with Crippen molar-refractivity contribution >= 4 is 17.6 Å². The number of anilines is 3. The van der Waals surface area contributed by atoms with Crippen LogP contribution in [0, 0.1) is 0 Å². The smallest absolute Gasteiger partial charge is 0.368 e. The fraction of sp³-hybridized carbons (Fsp3) is 0.200. The molecule has 2 rings (SSSR count). The summed E-state index contributed by atoms with van der Waals surface area (Å²) < 4.78 is 36.7. The summed E-state index contributed by atoms with van der Waals surface area (Å²) in [5, 5.41) is 8.89. The van der Waals surface area contributed by atoms with Crippen molar-refractivity contribution in [2.45, 2.75) is 12.6 Å². The van der Waals surface area contributed by atoms with E-state index in [2.05, 4.69) is 20.5 Å². The van der Waals surface area contributed by atoms with E-state index in [4.69, 9.17) is 5.73 Å². The van der Waals surface area contributed by atoms with Gasteiger partial charge in [0.25, 0.3) is 0 Å². The Morgan fingerprint density at radius 1 is 1.33 bits per heavy atom. The third-order valence-corrected chi connectivity index (χ3v) is 2.09. The van der Waals surface area contributed by atoms with Gasteiger partial charge in [0.05, 0.1) is 6.42 Å². The van der Waals surface area contributed by atoms with E-state index < -0.39 is 12.6 Å². The van der Waals surface area contributed by atoms with Crippen molar-refractivity contribution in [2.24, 2.45) is 0 Å². The van der Waals surface area contributed by atoms with Gasteiger partial charge in [0.1, 0.15) is 0 Å². The minimum atomic E-state index is -4.23. The Kier molecular flexibility index (Phi) is 3.09. The fourth-order valence-electron chi connectivity index (χ4n) is 1.45. The van der Waals surface area contributed by atoms with Crippen LogP contribution in [-0.2, 0) is 6.42 Å². The van der Waals surface area contributed by atoms with E-state index in [1.807, 2.05) is 0 Å². The second-order valence-corrected chi connectivity index (χ2v) is 3.66. The average Bonchev–Trinajstić information content (AvgIpc) is 2.62. The Balaban J connectivity index is 2.12. The molecule has 0 saturated carbocycles. The van der Waals surface area contributed by atoms with Crippen LogP contribution in [0.3, 0.4) is 0 Å². The Morgan fingerprint density at radius 2 is 2.11 bits per heavy atom. The second-order valence-electron chi connectivity index (χ2n) is 3.66. The van der Waals surface area contributed by atoms with Gasteiger partial charge in [-0.3, -0.25) is 0 Å². The van der Waals surface area contributed by atoms with Crippen LogP contribution in [0.1, 0.15) is 5.56 Å². The van der Waals surface area contributed by atoms with Crippen LogP contribution >= 0.6 is 0 Å². The van der Waals surface area contributed by atoms with Crippen molar-refractivity contribution in [3.63, 3.8) is 0 Å². The highest BCUT2D eigenvalue weighted by atomic mass is 19.4. The first-order chi connectivity index (χ1) is 8.42. The molecular formula is C10H10F3N5. The molecule has 2 aromatic rings. The van der Waals surface area contributed by atoms with Gasteiger partial charge in [0.15, 0.2) is 0 Å². The number of nitrogens with two attached hydrogens (primary N) is 1. The number of nitrogens with zero attached hydrogens (tertiary/aromatic N) is 2. The molecule has 0 aliphatic rings. The zero-order chi connectivity index (χ0) is 13.2. The lowest BCUT2D eigenvalue weighted by atomic mass is 10.1. The standard InChI is InChI=1S/C10H10F3N5/c11-10(12,13)5-6-2-1-3-7(4-6)15-9-16-8(14)17-18-9/h1-4H,5H2,(H4,14,15,16,17,18). The van der Waals surface area contributed by atoms with Gasteiger partial charge in [-0.05, 0) is 17.7 Å². The number of nitrogen functional groups attached to an aromatic ring is 1. The highest BCUT2D eigenvalue weighted by Crippen LogP contribution is 2.23. The summed E-state index contributed by atoms with van der Waals surface area (Å²) in [5.41, 5.74) is 5.96. The molecule has 4 N–H and O–H groups in total. The summed E-state index contributed by atoms with van der Waals surface area (Å²) in [4.78, 5) is 3.79. The van der Waals surface area contributed by atoms with Gasteiger partial charge >= 0.3 is 6.18 Å². The highest BCUT2D eigenvalue weighted by molar-refractivity contribution is 5.54. The van der Waals surface area contributed by atoms with Gasteiger partial charge < -0.3 is 11.1 Å². The number of hydrogen-bond donors (Lipinski definition) is 3. The molecular weight excluding hydrogens is 247 g/mol. The quantitative estimate of drug-likeness (QED) is 0.787. The molecule has 0 radical (unpaired) electrons. The highest BCUT2D eigenvalue weighted by Gasteiger charge is 2.27. The van der Waals surface area contributed by atoms with Gasteiger partial charge in [-0.1, -0.05) is 12.1 Å². The normalized spacial score (nSPS) is 11.5. The molecule has 5 nitrogen and oxygen atoms in total. The number of halogens is 3. The van der Waals surface area contributed by atoms with E-state index in [1.54, 1.807) is 6.07 Å². The molecule has 1 aromatic carbocycles. The van der Waals surface area contributed by atoms with E-state index in [-0.39, 0.29) is 17.5 Å². The molecule has 0 atom stereocenters. The molecule has 0 aliphatic heterocycles. The maximum atomic E-state index is 12.2. The number of aromatic nitrogens is 3. The summed E-state index contributed by atoms with van der Waals surface area (Å²) in [6.45, 7) is 0. The molecule has 1 heterocycles. The molecule has 1 aromatic heterocycles. The largest absolute Gasteiger partial charge is 0.393 e. The monoisotopic (exact) mass is 257 g/mol. The van der Waals surface area contributed by atoms with Gasteiger partial charge in [0, 0.05) is 5.69 Å². The first-order valence-corrected chi connectivity index (χ1v) is 5.03. The molecule has 18 heavy (non-hydrogen) atoms. The number of hydrogen-bond acceptors (Lipinski definition) is 4. The van der Waals surface area contributed by atoms with Crippen LogP contribution in [0.4, 0.5) is 30.8 Å². The van der Waals surface area contributed by atoms with Gasteiger partial charge in [-0.15, -0.1) is 5.10 Å². The lowest BCUT2D eigenvalue weighted by Crippen LogP contribution is -2.11. The average molecular weight is 257 g/mol. The molecule has 0 aliphatic carbocycles. The van der Waals surface area contributed by atoms with Crippen molar-refractivity contribution in [1.29, 1.82) is 0 Å². The molecule has 0 saturated heterocycles. The predicted octanol–water partition coefficient (Wildman–Crippen LogP) is 2.24. The van der Waals surface area contributed by atoms with Crippen molar-refractivity contribution in [3.05, 3.63) is 29.8 Å². The van der Waals surface area contributed by atoms with Crippen LogP contribution in [0.25, 0.3) is 0 Å². The van der Waals surface area contributed by atoms with Crippen LogP contribution in [0.15, 0.2) is 24.3 Å². The predicted molar refractivity (Wildman–Crippen MR) is 60.3 cm³/mol. The molecule has 8 heteroatoms. The number of rotatable bonds is 3. The van der Waals surface area contributed by atoms with E-state index in [1.165, 1.54) is 18.2 Å². The van der Waals surface area contributed by atoms with E-state index >= 15 is 0 Å². The van der Waals surface area contributed by atoms with Crippen LogP contribution in [0.5, 0.6) is 0 Å². The zero-order valence-corrected chi connectivity index (χ0v) is 9.12. The molecule has 0 amide bonds. The van der Waals surface area contributed by atoms with Crippen LogP contribution < -0.4 is 11.1 Å². The lowest BCUT2D eigenvalue weighted by Gasteiger charge is -2.08. The number of nitrogens with one attached hydrogen (secondary N) is 2. The first-order valence-electron chi connectivity index (χ1n) is 5.03. The number of alkyl halides is 3. The number of aromatic amines is 1. The Morgan fingerprint density at radius 3 is 2.72 bits per heavy atom. The molecule has 0 spiro atoms. The van der Waals surface area contributed by atoms with Crippen molar-refractivity contribution in [3.8, 4) is 0 Å². The van der Waals surface area contributed by atoms with Crippen molar-refractivity contribution in [2.75, 3.05) is 11.1 Å². The Labute approximate surface area is 100 Å². The zero-order valence-electron chi connectivity index (χ0n) is 9.12. The van der Waals surface area contributed by atoms with Crippen molar-refractivity contribution in [1.82, 2.24) is 15.2 Å². The summed E-state index contributed by atoms with van der Waals surface area (Å²) in [5.74, 6) is 0.334. The van der Waals surface area contributed by atoms with Crippen molar-refractivity contribution < 1.29 is 13.2 Å². The fourth-order valence-corrected chi connectivity index (χ4v) is 1.45. The van der Waals surface area contributed by atoms with E-state index in [9.17, 15) is 13.2 Å². The molecule has 0 bridgehead atoms. The van der Waals surface area contributed by atoms with Gasteiger partial charge in [-0.2, -0.15) is 18.2 Å². The summed E-state index contributed by atoms with van der Waals surface area (Å²) in [7, 11) is 0. The summed E-state index contributed by atoms with van der Waals surface area (Å²) in [6, 6.07) is 5.94. The third-order valence-electron chi connectivity index (χ3n) is 2.09. The molecule has 0 fully saturated rings. The van der Waals surface area contributed by atoms with E-state index in [0.29, 0.717) is 5.69 Å². The summed E-state index contributed by atoms with van der Waals surface area (Å²) in [6.07, 6.45) is -5.20. The van der Waals surface area contributed by atoms with E-state index in [0.717, 1.165) is 0 Å². The number of H-pyrrole nitrogens is 1. The van der Waals surface area contributed by atoms with Crippen LogP contribution in [-0.4, -0.2) is 21.4 Å². The van der Waals surface area contributed by atoms with Gasteiger partial charge in [0.2, 0.25) is 11.9 Å². The first kappa shape index (κ1) is 12.2. The maximum absolute atomic E-state index is 12.2. The van der Waals surface area contributed by atoms with Crippen LogP contribution in [0.2, 0.25) is 0 Å². The second kappa shape index (κ2) is 4.55. The topological polar surface area (TPSA) is 79.6 Å². The lowest BCUT2D eigenvalue weighted by molar-refractivity contribution is -0.127. The third kappa shape index (κ3) is 3.37. The van der Waals surface area contributed by atoms with Gasteiger partial charge in [-0.25, -0.2) is 5.10 Å². The maximum Gasteiger partial charge on any atom is 0.393 e. The minimum Gasteiger partial charge on any atom is -0.368 e. The molecule has 96 valence electrons.